The number of amides is 2. The molecular weight excluding hydrogens is 170 g/mol. The second-order valence-corrected chi connectivity index (χ2v) is 2.82. The molecule has 0 bridgehead atoms. The van der Waals surface area contributed by atoms with Crippen LogP contribution in [0.2, 0.25) is 0 Å². The van der Waals surface area contributed by atoms with E-state index >= 15 is 0 Å². The van der Waals surface area contributed by atoms with Gasteiger partial charge in [0.1, 0.15) is 0 Å². The van der Waals surface area contributed by atoms with Gasteiger partial charge in [0.25, 0.3) is 0 Å². The SMILES string of the molecule is CCC(C)N(CC)C(=O)C(=O)NN. The minimum Gasteiger partial charge on any atom is -0.332 e. The molecule has 2 amide bonds. The zero-order valence-corrected chi connectivity index (χ0v) is 8.33. The van der Waals surface area contributed by atoms with Crippen LogP contribution < -0.4 is 11.3 Å². The number of hydrogen-bond acceptors (Lipinski definition) is 3. The van der Waals surface area contributed by atoms with Crippen molar-refractivity contribution in [2.45, 2.75) is 33.2 Å². The number of hydrogen-bond donors (Lipinski definition) is 2. The molecule has 0 aromatic carbocycles. The van der Waals surface area contributed by atoms with Gasteiger partial charge in [-0.3, -0.25) is 15.0 Å². The first kappa shape index (κ1) is 11.9. The molecular formula is C8H17N3O2. The molecule has 0 saturated carbocycles. The molecule has 0 rings (SSSR count). The van der Waals surface area contributed by atoms with Crippen molar-refractivity contribution in [1.29, 1.82) is 0 Å². The Morgan fingerprint density at radius 1 is 1.46 bits per heavy atom. The van der Waals surface area contributed by atoms with E-state index in [9.17, 15) is 9.59 Å². The number of nitrogens with zero attached hydrogens (tertiary/aromatic N) is 1. The minimum atomic E-state index is -0.762. The first-order valence-electron chi connectivity index (χ1n) is 4.39. The van der Waals surface area contributed by atoms with Crippen LogP contribution >= 0.6 is 0 Å². The van der Waals surface area contributed by atoms with Crippen LogP contribution in [0.25, 0.3) is 0 Å². The van der Waals surface area contributed by atoms with Crippen molar-refractivity contribution < 1.29 is 9.59 Å². The van der Waals surface area contributed by atoms with Crippen molar-refractivity contribution in [2.75, 3.05) is 6.54 Å². The van der Waals surface area contributed by atoms with E-state index in [-0.39, 0.29) is 6.04 Å². The highest BCUT2D eigenvalue weighted by Crippen LogP contribution is 2.02. The molecule has 1 unspecified atom stereocenters. The lowest BCUT2D eigenvalue weighted by Crippen LogP contribution is -2.48. The summed E-state index contributed by atoms with van der Waals surface area (Å²) in [5, 5.41) is 0. The van der Waals surface area contributed by atoms with Crippen LogP contribution in [0.5, 0.6) is 0 Å². The maximum absolute atomic E-state index is 11.3. The molecule has 5 heteroatoms. The maximum Gasteiger partial charge on any atom is 0.323 e. The second-order valence-electron chi connectivity index (χ2n) is 2.82. The Labute approximate surface area is 78.2 Å². The summed E-state index contributed by atoms with van der Waals surface area (Å²) in [6.07, 6.45) is 0.817. The number of carbonyl (C=O) groups excluding carboxylic acids is 2. The lowest BCUT2D eigenvalue weighted by atomic mass is 10.2. The Hall–Kier alpha value is -1.10. The van der Waals surface area contributed by atoms with Gasteiger partial charge >= 0.3 is 11.8 Å². The van der Waals surface area contributed by atoms with Crippen molar-refractivity contribution in [3.8, 4) is 0 Å². The van der Waals surface area contributed by atoms with E-state index in [1.54, 1.807) is 0 Å². The largest absolute Gasteiger partial charge is 0.332 e. The van der Waals surface area contributed by atoms with E-state index in [2.05, 4.69) is 0 Å². The van der Waals surface area contributed by atoms with E-state index in [1.807, 2.05) is 26.2 Å². The summed E-state index contributed by atoms with van der Waals surface area (Å²) < 4.78 is 0. The third kappa shape index (κ3) is 3.02. The van der Waals surface area contributed by atoms with Gasteiger partial charge in [-0.05, 0) is 20.3 Å². The van der Waals surface area contributed by atoms with Crippen molar-refractivity contribution in [1.82, 2.24) is 10.3 Å². The summed E-state index contributed by atoms with van der Waals surface area (Å²) in [6.45, 7) is 6.20. The highest BCUT2D eigenvalue weighted by atomic mass is 16.2. The van der Waals surface area contributed by atoms with E-state index in [1.165, 1.54) is 4.90 Å². The minimum absolute atomic E-state index is 0.0646. The van der Waals surface area contributed by atoms with Crippen LogP contribution in [0.3, 0.4) is 0 Å². The average molecular weight is 187 g/mol. The topological polar surface area (TPSA) is 75.4 Å². The molecule has 0 spiro atoms. The van der Waals surface area contributed by atoms with Gasteiger partial charge in [-0.1, -0.05) is 6.92 Å². The molecule has 1 atom stereocenters. The molecule has 0 radical (unpaired) electrons. The smallest absolute Gasteiger partial charge is 0.323 e. The van der Waals surface area contributed by atoms with Crippen LogP contribution in [-0.2, 0) is 9.59 Å². The molecule has 0 fully saturated rings. The molecule has 76 valence electrons. The molecule has 13 heavy (non-hydrogen) atoms. The average Bonchev–Trinajstić information content (AvgIpc) is 2.17. The Morgan fingerprint density at radius 2 is 2.00 bits per heavy atom. The van der Waals surface area contributed by atoms with Crippen LogP contribution in [-0.4, -0.2) is 29.3 Å². The number of likely N-dealkylation sites (N-methyl/N-ethyl adjacent to an activating group) is 1. The lowest BCUT2D eigenvalue weighted by Gasteiger charge is -2.25. The van der Waals surface area contributed by atoms with E-state index < -0.39 is 11.8 Å². The Bertz CT molecular complexity index is 194. The van der Waals surface area contributed by atoms with Crippen molar-refractivity contribution >= 4 is 11.8 Å². The first-order chi connectivity index (χ1) is 6.08. The quantitative estimate of drug-likeness (QED) is 0.274. The van der Waals surface area contributed by atoms with Gasteiger partial charge in [0.2, 0.25) is 0 Å². The number of nitrogens with two attached hydrogens (primary N) is 1. The fraction of sp³-hybridized carbons (Fsp3) is 0.750. The summed E-state index contributed by atoms with van der Waals surface area (Å²) in [5.74, 6) is 3.53. The molecule has 0 aromatic heterocycles. The number of carbonyl (C=O) groups is 2. The lowest BCUT2D eigenvalue weighted by molar-refractivity contribution is -0.147. The van der Waals surface area contributed by atoms with Crippen LogP contribution in [0.15, 0.2) is 0 Å². The Balaban J connectivity index is 4.40. The predicted octanol–water partition coefficient (Wildman–Crippen LogP) is -0.377. The third-order valence-electron chi connectivity index (χ3n) is 2.05. The van der Waals surface area contributed by atoms with E-state index in [4.69, 9.17) is 5.84 Å². The fourth-order valence-electron chi connectivity index (χ4n) is 1.07. The van der Waals surface area contributed by atoms with Gasteiger partial charge in [-0.25, -0.2) is 5.84 Å². The number of rotatable bonds is 3. The van der Waals surface area contributed by atoms with Crippen LogP contribution in [0.1, 0.15) is 27.2 Å². The van der Waals surface area contributed by atoms with Crippen molar-refractivity contribution in [3.05, 3.63) is 0 Å². The molecule has 0 aliphatic rings. The molecule has 5 nitrogen and oxygen atoms in total. The molecule has 0 aliphatic carbocycles. The highest BCUT2D eigenvalue weighted by Gasteiger charge is 2.22. The van der Waals surface area contributed by atoms with Gasteiger partial charge in [-0.15, -0.1) is 0 Å². The third-order valence-corrected chi connectivity index (χ3v) is 2.05. The zero-order chi connectivity index (χ0) is 10.4. The summed E-state index contributed by atoms with van der Waals surface area (Å²) >= 11 is 0. The molecule has 0 aromatic rings. The molecule has 0 heterocycles. The maximum atomic E-state index is 11.3. The number of hydrazine groups is 1. The van der Waals surface area contributed by atoms with Crippen LogP contribution in [0.4, 0.5) is 0 Å². The summed E-state index contributed by atoms with van der Waals surface area (Å²) in [6, 6.07) is 0.0646. The van der Waals surface area contributed by atoms with Gasteiger partial charge in [-0.2, -0.15) is 0 Å². The van der Waals surface area contributed by atoms with E-state index in [0.29, 0.717) is 6.54 Å². The van der Waals surface area contributed by atoms with Gasteiger partial charge in [0, 0.05) is 12.6 Å². The van der Waals surface area contributed by atoms with Crippen molar-refractivity contribution in [3.63, 3.8) is 0 Å². The normalized spacial score (nSPS) is 12.0. The van der Waals surface area contributed by atoms with Gasteiger partial charge in [0.05, 0.1) is 0 Å². The molecule has 0 saturated heterocycles. The number of nitrogens with one attached hydrogen (secondary N) is 1. The molecule has 3 N–H and O–H groups in total. The summed E-state index contributed by atoms with van der Waals surface area (Å²) in [4.78, 5) is 23.7. The zero-order valence-electron chi connectivity index (χ0n) is 8.33. The predicted molar refractivity (Wildman–Crippen MR) is 49.5 cm³/mol. The Morgan fingerprint density at radius 3 is 2.31 bits per heavy atom. The second kappa shape index (κ2) is 5.53. The van der Waals surface area contributed by atoms with E-state index in [0.717, 1.165) is 6.42 Å². The summed E-state index contributed by atoms with van der Waals surface area (Å²) in [7, 11) is 0. The Kier molecular flexibility index (Phi) is 5.06. The van der Waals surface area contributed by atoms with Crippen LogP contribution in [0, 0.1) is 0 Å². The van der Waals surface area contributed by atoms with Gasteiger partial charge in [0.15, 0.2) is 0 Å². The summed E-state index contributed by atoms with van der Waals surface area (Å²) in [5.41, 5.74) is 1.83. The fourth-order valence-corrected chi connectivity index (χ4v) is 1.07. The van der Waals surface area contributed by atoms with Gasteiger partial charge < -0.3 is 4.90 Å². The molecule has 0 aliphatic heterocycles. The highest BCUT2D eigenvalue weighted by molar-refractivity contribution is 6.34. The first-order valence-corrected chi connectivity index (χ1v) is 4.39. The standard InChI is InChI=1S/C8H17N3O2/c1-4-6(3)11(5-2)8(13)7(12)10-9/h6H,4-5,9H2,1-3H3,(H,10,12). The van der Waals surface area contributed by atoms with Crippen molar-refractivity contribution in [2.24, 2.45) is 5.84 Å². The monoisotopic (exact) mass is 187 g/mol.